The number of rotatable bonds is 15. The van der Waals surface area contributed by atoms with Gasteiger partial charge in [0.1, 0.15) is 5.75 Å². The van der Waals surface area contributed by atoms with Gasteiger partial charge in [-0.2, -0.15) is 0 Å². The van der Waals surface area contributed by atoms with Crippen LogP contribution in [0.2, 0.25) is 0 Å². The van der Waals surface area contributed by atoms with Gasteiger partial charge in [-0.05, 0) is 67.1 Å². The summed E-state index contributed by atoms with van der Waals surface area (Å²) < 4.78 is 5.78. The maximum atomic E-state index is 5.78. The van der Waals surface area contributed by atoms with Crippen LogP contribution >= 0.6 is 0 Å². The molecule has 1 heteroatoms. The van der Waals surface area contributed by atoms with Gasteiger partial charge in [-0.1, -0.05) is 103 Å². The SMILES string of the molecule is CCCCCCCCCCCCc1ccc(C#Cc2ccc(OCCC(C)C)cc2)cc1. The van der Waals surface area contributed by atoms with Crippen LogP contribution in [0.15, 0.2) is 48.5 Å². The highest BCUT2D eigenvalue weighted by Crippen LogP contribution is 2.14. The van der Waals surface area contributed by atoms with Crippen molar-refractivity contribution in [2.45, 2.75) is 97.8 Å². The Balaban J connectivity index is 1.63. The molecule has 0 N–H and O–H groups in total. The average molecular weight is 433 g/mol. The van der Waals surface area contributed by atoms with Gasteiger partial charge in [0, 0.05) is 11.1 Å². The third-order valence-corrected chi connectivity index (χ3v) is 5.94. The molecule has 0 aromatic heterocycles. The summed E-state index contributed by atoms with van der Waals surface area (Å²) in [5.74, 6) is 8.14. The Bertz CT molecular complexity index is 774. The fourth-order valence-corrected chi connectivity index (χ4v) is 3.76. The van der Waals surface area contributed by atoms with Gasteiger partial charge < -0.3 is 4.74 Å². The monoisotopic (exact) mass is 432 g/mol. The number of hydrogen-bond donors (Lipinski definition) is 0. The zero-order valence-electron chi connectivity index (χ0n) is 20.8. The Labute approximate surface area is 198 Å². The number of ether oxygens (including phenoxy) is 1. The molecule has 1 nitrogen and oxygen atoms in total. The Hall–Kier alpha value is -2.20. The molecule has 0 aliphatic heterocycles. The lowest BCUT2D eigenvalue weighted by Gasteiger charge is -2.07. The first-order valence-electron chi connectivity index (χ1n) is 13.0. The molecule has 0 fully saturated rings. The Morgan fingerprint density at radius 1 is 0.656 bits per heavy atom. The molecule has 0 amide bonds. The molecular formula is C31H44O. The first-order chi connectivity index (χ1) is 15.7. The molecule has 0 aliphatic carbocycles. The topological polar surface area (TPSA) is 9.23 Å². The van der Waals surface area contributed by atoms with Gasteiger partial charge in [-0.15, -0.1) is 0 Å². The third kappa shape index (κ3) is 12.0. The zero-order valence-corrected chi connectivity index (χ0v) is 20.8. The fraction of sp³-hybridized carbons (Fsp3) is 0.548. The Kier molecular flexibility index (Phi) is 13.4. The summed E-state index contributed by atoms with van der Waals surface area (Å²) >= 11 is 0. The molecule has 0 aliphatic rings. The number of unbranched alkanes of at least 4 members (excludes halogenated alkanes) is 9. The van der Waals surface area contributed by atoms with E-state index in [2.05, 4.69) is 56.9 Å². The molecule has 0 saturated heterocycles. The van der Waals surface area contributed by atoms with Gasteiger partial charge in [0.2, 0.25) is 0 Å². The second-order valence-corrected chi connectivity index (χ2v) is 9.43. The van der Waals surface area contributed by atoms with Crippen molar-refractivity contribution in [2.75, 3.05) is 6.61 Å². The maximum absolute atomic E-state index is 5.78. The summed E-state index contributed by atoms with van der Waals surface area (Å²) in [6.07, 6.45) is 16.2. The van der Waals surface area contributed by atoms with Crippen molar-refractivity contribution in [1.29, 1.82) is 0 Å². The summed E-state index contributed by atoms with van der Waals surface area (Å²) in [4.78, 5) is 0. The number of benzene rings is 2. The van der Waals surface area contributed by atoms with Gasteiger partial charge in [0.15, 0.2) is 0 Å². The Morgan fingerprint density at radius 3 is 1.69 bits per heavy atom. The van der Waals surface area contributed by atoms with Crippen molar-refractivity contribution in [1.82, 2.24) is 0 Å². The van der Waals surface area contributed by atoms with Crippen molar-refractivity contribution >= 4 is 0 Å². The van der Waals surface area contributed by atoms with E-state index >= 15 is 0 Å². The second kappa shape index (κ2) is 16.4. The Morgan fingerprint density at radius 2 is 1.16 bits per heavy atom. The quantitative estimate of drug-likeness (QED) is 0.201. The van der Waals surface area contributed by atoms with E-state index in [1.807, 2.05) is 24.3 Å². The van der Waals surface area contributed by atoms with Crippen LogP contribution in [0.3, 0.4) is 0 Å². The summed E-state index contributed by atoms with van der Waals surface area (Å²) in [5, 5.41) is 0. The lowest BCUT2D eigenvalue weighted by atomic mass is 10.0. The molecule has 0 heterocycles. The van der Waals surface area contributed by atoms with Crippen molar-refractivity contribution in [3.05, 3.63) is 65.2 Å². The molecular weight excluding hydrogens is 388 g/mol. The predicted octanol–water partition coefficient (Wildman–Crippen LogP) is 8.97. The van der Waals surface area contributed by atoms with Gasteiger partial charge in [-0.25, -0.2) is 0 Å². The third-order valence-electron chi connectivity index (χ3n) is 5.94. The van der Waals surface area contributed by atoms with E-state index in [0.717, 1.165) is 29.9 Å². The van der Waals surface area contributed by atoms with Crippen LogP contribution in [0, 0.1) is 17.8 Å². The van der Waals surface area contributed by atoms with Crippen LogP contribution in [0.1, 0.15) is 108 Å². The minimum atomic E-state index is 0.668. The van der Waals surface area contributed by atoms with Crippen molar-refractivity contribution in [3.63, 3.8) is 0 Å². The molecule has 0 bridgehead atoms. The molecule has 0 saturated carbocycles. The number of aryl methyl sites for hydroxylation is 1. The maximum Gasteiger partial charge on any atom is 0.119 e. The molecule has 174 valence electrons. The minimum absolute atomic E-state index is 0.668. The molecule has 0 radical (unpaired) electrons. The summed E-state index contributed by atoms with van der Waals surface area (Å²) in [5.41, 5.74) is 3.53. The molecule has 0 unspecified atom stereocenters. The lowest BCUT2D eigenvalue weighted by Crippen LogP contribution is -2.01. The van der Waals surface area contributed by atoms with Gasteiger partial charge in [-0.3, -0.25) is 0 Å². The van der Waals surface area contributed by atoms with E-state index in [4.69, 9.17) is 4.74 Å². The summed E-state index contributed by atoms with van der Waals surface area (Å²) in [7, 11) is 0. The van der Waals surface area contributed by atoms with E-state index in [-0.39, 0.29) is 0 Å². The van der Waals surface area contributed by atoms with Crippen LogP contribution in [-0.4, -0.2) is 6.61 Å². The highest BCUT2D eigenvalue weighted by atomic mass is 16.5. The van der Waals surface area contributed by atoms with Gasteiger partial charge in [0.05, 0.1) is 6.61 Å². The van der Waals surface area contributed by atoms with Gasteiger partial charge >= 0.3 is 0 Å². The predicted molar refractivity (Wildman–Crippen MR) is 139 cm³/mol. The van der Waals surface area contributed by atoms with E-state index in [0.29, 0.717) is 5.92 Å². The molecule has 2 aromatic carbocycles. The van der Waals surface area contributed by atoms with Crippen LogP contribution in [0.5, 0.6) is 5.75 Å². The van der Waals surface area contributed by atoms with Crippen molar-refractivity contribution in [3.8, 4) is 17.6 Å². The van der Waals surface area contributed by atoms with E-state index < -0.39 is 0 Å². The minimum Gasteiger partial charge on any atom is -0.494 e. The molecule has 0 atom stereocenters. The van der Waals surface area contributed by atoms with Gasteiger partial charge in [0.25, 0.3) is 0 Å². The zero-order chi connectivity index (χ0) is 22.9. The number of hydrogen-bond acceptors (Lipinski definition) is 1. The first-order valence-corrected chi connectivity index (χ1v) is 13.0. The van der Waals surface area contributed by atoms with Crippen LogP contribution in [-0.2, 0) is 6.42 Å². The second-order valence-electron chi connectivity index (χ2n) is 9.43. The normalized spacial score (nSPS) is 10.8. The molecule has 2 aromatic rings. The lowest BCUT2D eigenvalue weighted by molar-refractivity contribution is 0.289. The largest absolute Gasteiger partial charge is 0.494 e. The highest BCUT2D eigenvalue weighted by Gasteiger charge is 1.98. The van der Waals surface area contributed by atoms with Crippen molar-refractivity contribution < 1.29 is 4.74 Å². The van der Waals surface area contributed by atoms with Crippen LogP contribution < -0.4 is 4.74 Å². The smallest absolute Gasteiger partial charge is 0.119 e. The van der Waals surface area contributed by atoms with E-state index in [1.54, 1.807) is 0 Å². The molecule has 2 rings (SSSR count). The summed E-state index contributed by atoms with van der Waals surface area (Å²) in [6.45, 7) is 7.49. The van der Waals surface area contributed by atoms with Crippen LogP contribution in [0.4, 0.5) is 0 Å². The molecule has 32 heavy (non-hydrogen) atoms. The standard InChI is InChI=1S/C31H44O/c1-4-5-6-7-8-9-10-11-12-13-14-28-15-17-29(18-16-28)19-20-30-21-23-31(24-22-30)32-26-25-27(2)3/h15-18,21-24,27H,4-14,25-26H2,1-3H3. The van der Waals surface area contributed by atoms with E-state index in [9.17, 15) is 0 Å². The van der Waals surface area contributed by atoms with Crippen molar-refractivity contribution in [2.24, 2.45) is 5.92 Å². The highest BCUT2D eigenvalue weighted by molar-refractivity contribution is 5.44. The fourth-order valence-electron chi connectivity index (χ4n) is 3.76. The van der Waals surface area contributed by atoms with Crippen LogP contribution in [0.25, 0.3) is 0 Å². The average Bonchev–Trinajstić information content (AvgIpc) is 2.80. The van der Waals surface area contributed by atoms with E-state index in [1.165, 1.54) is 76.2 Å². The summed E-state index contributed by atoms with van der Waals surface area (Å²) in [6, 6.07) is 16.9. The first kappa shape index (κ1) is 26.1. The molecule has 0 spiro atoms.